The molecule has 0 bridgehead atoms. The molecule has 0 saturated carbocycles. The van der Waals surface area contributed by atoms with Crippen molar-refractivity contribution < 1.29 is 13.2 Å². The fourth-order valence-corrected chi connectivity index (χ4v) is 4.88. The van der Waals surface area contributed by atoms with E-state index >= 15 is 0 Å². The quantitative estimate of drug-likeness (QED) is 0.361. The van der Waals surface area contributed by atoms with Crippen molar-refractivity contribution in [2.75, 3.05) is 10.0 Å². The van der Waals surface area contributed by atoms with Crippen LogP contribution in [0.25, 0.3) is 11.3 Å². The van der Waals surface area contributed by atoms with Gasteiger partial charge in [-0.05, 0) is 55.5 Å². The molecule has 4 rings (SSSR count). The molecule has 0 aliphatic heterocycles. The highest BCUT2D eigenvalue weighted by atomic mass is 35.5. The third-order valence-electron chi connectivity index (χ3n) is 4.54. The number of carbonyl (C=O) groups is 1. The molecule has 1 heterocycles. The van der Waals surface area contributed by atoms with E-state index in [1.54, 1.807) is 35.7 Å². The van der Waals surface area contributed by atoms with Crippen molar-refractivity contribution in [3.63, 3.8) is 0 Å². The van der Waals surface area contributed by atoms with Crippen LogP contribution in [0.1, 0.15) is 15.9 Å². The lowest BCUT2D eigenvalue weighted by Gasteiger charge is -2.09. The minimum absolute atomic E-state index is 0.113. The minimum Gasteiger partial charge on any atom is -0.298 e. The number of nitrogens with zero attached hydrogens (tertiary/aromatic N) is 1. The van der Waals surface area contributed by atoms with Crippen molar-refractivity contribution in [2.24, 2.45) is 0 Å². The average Bonchev–Trinajstić information content (AvgIpc) is 3.22. The number of benzene rings is 3. The van der Waals surface area contributed by atoms with E-state index < -0.39 is 10.0 Å². The Balaban J connectivity index is 1.51. The van der Waals surface area contributed by atoms with Crippen LogP contribution in [-0.2, 0) is 10.0 Å². The number of rotatable bonds is 6. The number of hydrogen-bond donors (Lipinski definition) is 2. The first-order valence-corrected chi connectivity index (χ1v) is 12.3. The number of sulfonamides is 1. The van der Waals surface area contributed by atoms with Gasteiger partial charge in [0.1, 0.15) is 0 Å². The van der Waals surface area contributed by atoms with E-state index in [4.69, 9.17) is 11.6 Å². The summed E-state index contributed by atoms with van der Waals surface area (Å²) < 4.78 is 27.8. The number of aryl methyl sites for hydroxylation is 1. The number of anilines is 2. The van der Waals surface area contributed by atoms with E-state index in [2.05, 4.69) is 15.0 Å². The molecule has 0 saturated heterocycles. The third-order valence-corrected chi connectivity index (χ3v) is 6.95. The molecule has 0 unspecified atom stereocenters. The van der Waals surface area contributed by atoms with Gasteiger partial charge in [-0.25, -0.2) is 13.4 Å². The summed E-state index contributed by atoms with van der Waals surface area (Å²) in [6.07, 6.45) is 0. The molecule has 1 aromatic heterocycles. The van der Waals surface area contributed by atoms with E-state index in [1.165, 1.54) is 35.6 Å². The minimum atomic E-state index is -3.76. The zero-order chi connectivity index (χ0) is 22.7. The molecule has 4 aromatic rings. The number of nitrogens with one attached hydrogen (secondary N) is 2. The maximum Gasteiger partial charge on any atom is 0.261 e. The summed E-state index contributed by atoms with van der Waals surface area (Å²) in [6.45, 7) is 1.92. The number of hydrogen-bond acceptors (Lipinski definition) is 5. The van der Waals surface area contributed by atoms with E-state index in [9.17, 15) is 13.2 Å². The highest BCUT2D eigenvalue weighted by Gasteiger charge is 2.15. The molecule has 0 atom stereocenters. The largest absolute Gasteiger partial charge is 0.298 e. The smallest absolute Gasteiger partial charge is 0.261 e. The van der Waals surface area contributed by atoms with Crippen LogP contribution in [-0.4, -0.2) is 19.3 Å². The van der Waals surface area contributed by atoms with Crippen LogP contribution in [0.2, 0.25) is 5.02 Å². The maximum atomic E-state index is 12.6. The summed E-state index contributed by atoms with van der Waals surface area (Å²) in [5.41, 5.74) is 3.29. The fourth-order valence-electron chi connectivity index (χ4n) is 2.99. The summed E-state index contributed by atoms with van der Waals surface area (Å²) >= 11 is 7.13. The Kier molecular flexibility index (Phi) is 6.27. The molecule has 3 aromatic carbocycles. The molecule has 0 fully saturated rings. The highest BCUT2D eigenvalue weighted by Crippen LogP contribution is 2.28. The monoisotopic (exact) mass is 483 g/mol. The summed E-state index contributed by atoms with van der Waals surface area (Å²) in [7, 11) is -3.76. The number of amides is 1. The molecule has 0 aliphatic carbocycles. The zero-order valence-corrected chi connectivity index (χ0v) is 19.3. The topological polar surface area (TPSA) is 88.2 Å². The van der Waals surface area contributed by atoms with Crippen molar-refractivity contribution in [1.29, 1.82) is 0 Å². The first-order chi connectivity index (χ1) is 15.3. The Morgan fingerprint density at radius 3 is 2.50 bits per heavy atom. The van der Waals surface area contributed by atoms with Gasteiger partial charge in [-0.2, -0.15) is 0 Å². The van der Waals surface area contributed by atoms with Gasteiger partial charge in [0, 0.05) is 27.2 Å². The van der Waals surface area contributed by atoms with E-state index in [1.807, 2.05) is 25.1 Å². The Bertz CT molecular complexity index is 1380. The van der Waals surface area contributed by atoms with Gasteiger partial charge in [0.15, 0.2) is 5.13 Å². The second-order valence-electron chi connectivity index (χ2n) is 7.00. The standard InChI is InChI=1S/C23H18ClN3O3S2/c1-15-4-2-6-17(12-15)22(28)26-23-25-21(14-31-23)16-5-3-7-19(13-16)27-32(29,30)20-10-8-18(24)9-11-20/h2-14,27H,1H3,(H,25,26,28). The molecule has 0 aliphatic rings. The molecule has 2 N–H and O–H groups in total. The van der Waals surface area contributed by atoms with Crippen molar-refractivity contribution in [3.05, 3.63) is 94.3 Å². The molecular weight excluding hydrogens is 466 g/mol. The first kappa shape index (κ1) is 22.0. The van der Waals surface area contributed by atoms with Gasteiger partial charge < -0.3 is 0 Å². The average molecular weight is 484 g/mol. The number of aromatic nitrogens is 1. The number of thiazole rings is 1. The summed E-state index contributed by atoms with van der Waals surface area (Å²) in [6, 6.07) is 20.1. The normalized spacial score (nSPS) is 11.2. The number of carbonyl (C=O) groups excluding carboxylic acids is 1. The number of halogens is 1. The predicted octanol–water partition coefficient (Wildman–Crippen LogP) is 5.83. The SMILES string of the molecule is Cc1cccc(C(=O)Nc2nc(-c3cccc(NS(=O)(=O)c4ccc(Cl)cc4)c3)cs2)c1. The Morgan fingerprint density at radius 2 is 1.75 bits per heavy atom. The Morgan fingerprint density at radius 1 is 1.00 bits per heavy atom. The molecule has 9 heteroatoms. The van der Waals surface area contributed by atoms with Crippen LogP contribution < -0.4 is 10.0 Å². The van der Waals surface area contributed by atoms with Crippen molar-refractivity contribution in [3.8, 4) is 11.3 Å². The fraction of sp³-hybridized carbons (Fsp3) is 0.0435. The highest BCUT2D eigenvalue weighted by molar-refractivity contribution is 7.92. The van der Waals surface area contributed by atoms with Gasteiger partial charge in [0.05, 0.1) is 10.6 Å². The lowest BCUT2D eigenvalue weighted by Crippen LogP contribution is -2.12. The van der Waals surface area contributed by atoms with Gasteiger partial charge >= 0.3 is 0 Å². The van der Waals surface area contributed by atoms with E-state index in [0.717, 1.165) is 5.56 Å². The summed E-state index contributed by atoms with van der Waals surface area (Å²) in [5, 5.41) is 5.52. The third kappa shape index (κ3) is 5.16. The van der Waals surface area contributed by atoms with Crippen LogP contribution in [0.5, 0.6) is 0 Å². The molecule has 6 nitrogen and oxygen atoms in total. The van der Waals surface area contributed by atoms with Gasteiger partial charge in [-0.15, -0.1) is 11.3 Å². The maximum absolute atomic E-state index is 12.6. The van der Waals surface area contributed by atoms with Gasteiger partial charge in [0.2, 0.25) is 0 Å². The Labute approximate surface area is 195 Å². The van der Waals surface area contributed by atoms with Crippen LogP contribution in [0.4, 0.5) is 10.8 Å². The molecule has 1 amide bonds. The molecule has 0 spiro atoms. The van der Waals surface area contributed by atoms with Gasteiger partial charge in [0.25, 0.3) is 15.9 Å². The molecule has 162 valence electrons. The first-order valence-electron chi connectivity index (χ1n) is 9.52. The van der Waals surface area contributed by atoms with Gasteiger partial charge in [-0.1, -0.05) is 41.4 Å². The Hall–Kier alpha value is -3.20. The lowest BCUT2D eigenvalue weighted by atomic mass is 10.1. The molecule has 0 radical (unpaired) electrons. The second-order valence-corrected chi connectivity index (χ2v) is 9.98. The van der Waals surface area contributed by atoms with E-state index in [0.29, 0.717) is 32.7 Å². The zero-order valence-electron chi connectivity index (χ0n) is 16.9. The second kappa shape index (κ2) is 9.12. The summed E-state index contributed by atoms with van der Waals surface area (Å²) in [5.74, 6) is -0.237. The van der Waals surface area contributed by atoms with Crippen molar-refractivity contribution in [2.45, 2.75) is 11.8 Å². The van der Waals surface area contributed by atoms with Crippen LogP contribution in [0.3, 0.4) is 0 Å². The van der Waals surface area contributed by atoms with Gasteiger partial charge in [-0.3, -0.25) is 14.8 Å². The molecule has 32 heavy (non-hydrogen) atoms. The molecular formula is C23H18ClN3O3S2. The van der Waals surface area contributed by atoms with Crippen LogP contribution in [0.15, 0.2) is 83.1 Å². The van der Waals surface area contributed by atoms with Crippen LogP contribution in [0, 0.1) is 6.92 Å². The lowest BCUT2D eigenvalue weighted by molar-refractivity contribution is 0.102. The van der Waals surface area contributed by atoms with Crippen molar-refractivity contribution in [1.82, 2.24) is 4.98 Å². The summed E-state index contributed by atoms with van der Waals surface area (Å²) in [4.78, 5) is 17.0. The predicted molar refractivity (Wildman–Crippen MR) is 129 cm³/mol. The van der Waals surface area contributed by atoms with Crippen LogP contribution >= 0.6 is 22.9 Å². The van der Waals surface area contributed by atoms with E-state index in [-0.39, 0.29) is 10.8 Å². The van der Waals surface area contributed by atoms with Crippen molar-refractivity contribution >= 4 is 49.7 Å².